The zero-order valence-electron chi connectivity index (χ0n) is 11.7. The van der Waals surface area contributed by atoms with Gasteiger partial charge in [0.15, 0.2) is 6.29 Å². The zero-order chi connectivity index (χ0) is 13.2. The molecule has 3 heteroatoms. The van der Waals surface area contributed by atoms with E-state index in [1.807, 2.05) is 6.07 Å². The molecule has 0 amide bonds. The monoisotopic (exact) mass is 251 g/mol. The minimum absolute atomic E-state index is 0.183. The largest absolute Gasteiger partial charge is 0.355 e. The van der Waals surface area contributed by atoms with E-state index in [2.05, 4.69) is 36.5 Å². The number of benzene rings is 1. The number of hydrogen-bond donors (Lipinski definition) is 1. The minimum Gasteiger partial charge on any atom is -0.355 e. The van der Waals surface area contributed by atoms with Crippen molar-refractivity contribution in [3.8, 4) is 0 Å². The van der Waals surface area contributed by atoms with E-state index in [0.29, 0.717) is 12.6 Å². The fourth-order valence-electron chi connectivity index (χ4n) is 1.98. The maximum absolute atomic E-state index is 5.21. The molecule has 1 N–H and O–H groups in total. The molecule has 0 saturated heterocycles. The SMILES string of the molecule is CCCCC(NCC(OC)OC)c1ccccc1. The number of nitrogens with one attached hydrogen (secondary N) is 1. The van der Waals surface area contributed by atoms with Gasteiger partial charge in [0, 0.05) is 26.8 Å². The van der Waals surface area contributed by atoms with E-state index in [-0.39, 0.29) is 6.29 Å². The Kier molecular flexibility index (Phi) is 7.65. The first-order valence-corrected chi connectivity index (χ1v) is 6.65. The van der Waals surface area contributed by atoms with Crippen molar-refractivity contribution in [3.63, 3.8) is 0 Å². The summed E-state index contributed by atoms with van der Waals surface area (Å²) in [5.41, 5.74) is 1.33. The van der Waals surface area contributed by atoms with Gasteiger partial charge in [-0.25, -0.2) is 0 Å². The van der Waals surface area contributed by atoms with Gasteiger partial charge >= 0.3 is 0 Å². The van der Waals surface area contributed by atoms with Crippen LogP contribution in [0.15, 0.2) is 30.3 Å². The van der Waals surface area contributed by atoms with Gasteiger partial charge in [-0.1, -0.05) is 50.1 Å². The van der Waals surface area contributed by atoms with E-state index in [1.54, 1.807) is 14.2 Å². The Balaban J connectivity index is 2.56. The molecule has 1 unspecified atom stereocenters. The third-order valence-electron chi connectivity index (χ3n) is 3.10. The lowest BCUT2D eigenvalue weighted by molar-refractivity contribution is -0.1000. The molecule has 1 atom stereocenters. The summed E-state index contributed by atoms with van der Waals surface area (Å²) >= 11 is 0. The first-order chi connectivity index (χ1) is 8.81. The van der Waals surface area contributed by atoms with Crippen LogP contribution in [-0.2, 0) is 9.47 Å². The quantitative estimate of drug-likeness (QED) is 0.684. The molecular formula is C15H25NO2. The first-order valence-electron chi connectivity index (χ1n) is 6.65. The standard InChI is InChI=1S/C15H25NO2/c1-4-5-11-14(13-9-7-6-8-10-13)16-12-15(17-2)18-3/h6-10,14-16H,4-5,11-12H2,1-3H3. The fraction of sp³-hybridized carbons (Fsp3) is 0.600. The van der Waals surface area contributed by atoms with Gasteiger partial charge in [0.2, 0.25) is 0 Å². The Labute approximate surface area is 110 Å². The normalized spacial score (nSPS) is 12.9. The van der Waals surface area contributed by atoms with Crippen LogP contribution < -0.4 is 5.32 Å². The Bertz CT molecular complexity index is 299. The Hall–Kier alpha value is -0.900. The van der Waals surface area contributed by atoms with E-state index < -0.39 is 0 Å². The molecule has 0 aliphatic carbocycles. The van der Waals surface area contributed by atoms with Crippen molar-refractivity contribution in [2.24, 2.45) is 0 Å². The lowest BCUT2D eigenvalue weighted by atomic mass is 10.0. The molecular weight excluding hydrogens is 226 g/mol. The summed E-state index contributed by atoms with van der Waals surface area (Å²) in [6, 6.07) is 10.9. The van der Waals surface area contributed by atoms with Crippen LogP contribution in [0.5, 0.6) is 0 Å². The highest BCUT2D eigenvalue weighted by atomic mass is 16.7. The number of hydrogen-bond acceptors (Lipinski definition) is 3. The molecule has 0 aliphatic rings. The van der Waals surface area contributed by atoms with E-state index in [4.69, 9.17) is 9.47 Å². The summed E-state index contributed by atoms with van der Waals surface area (Å²) in [5.74, 6) is 0. The second-order valence-corrected chi connectivity index (χ2v) is 4.41. The summed E-state index contributed by atoms with van der Waals surface area (Å²) in [7, 11) is 3.33. The van der Waals surface area contributed by atoms with Gasteiger partial charge in [-0.2, -0.15) is 0 Å². The van der Waals surface area contributed by atoms with E-state index in [1.165, 1.54) is 18.4 Å². The molecule has 18 heavy (non-hydrogen) atoms. The van der Waals surface area contributed by atoms with E-state index in [0.717, 1.165) is 6.42 Å². The first kappa shape index (κ1) is 15.2. The Morgan fingerprint density at radius 3 is 2.33 bits per heavy atom. The average molecular weight is 251 g/mol. The number of ether oxygens (including phenoxy) is 2. The third kappa shape index (κ3) is 5.17. The summed E-state index contributed by atoms with van der Waals surface area (Å²) in [6.07, 6.45) is 3.39. The van der Waals surface area contributed by atoms with Gasteiger partial charge in [0.05, 0.1) is 0 Å². The lowest BCUT2D eigenvalue weighted by Gasteiger charge is -2.22. The predicted octanol–water partition coefficient (Wildman–Crippen LogP) is 3.13. The topological polar surface area (TPSA) is 30.5 Å². The summed E-state index contributed by atoms with van der Waals surface area (Å²) in [4.78, 5) is 0. The average Bonchev–Trinajstić information content (AvgIpc) is 2.44. The second-order valence-electron chi connectivity index (χ2n) is 4.41. The number of methoxy groups -OCH3 is 2. The van der Waals surface area contributed by atoms with Crippen LogP contribution in [0.3, 0.4) is 0 Å². The van der Waals surface area contributed by atoms with E-state index >= 15 is 0 Å². The van der Waals surface area contributed by atoms with Crippen molar-refractivity contribution in [1.82, 2.24) is 5.32 Å². The van der Waals surface area contributed by atoms with Crippen LogP contribution in [0.1, 0.15) is 37.8 Å². The van der Waals surface area contributed by atoms with Crippen molar-refractivity contribution >= 4 is 0 Å². The molecule has 1 aromatic carbocycles. The molecule has 0 fully saturated rings. The molecule has 3 nitrogen and oxygen atoms in total. The highest BCUT2D eigenvalue weighted by molar-refractivity contribution is 5.18. The summed E-state index contributed by atoms with van der Waals surface area (Å²) in [5, 5.41) is 3.52. The fourth-order valence-corrected chi connectivity index (χ4v) is 1.98. The molecule has 102 valence electrons. The van der Waals surface area contributed by atoms with Gasteiger partial charge in [-0.3, -0.25) is 0 Å². The highest BCUT2D eigenvalue weighted by Crippen LogP contribution is 2.19. The molecule has 0 aromatic heterocycles. The van der Waals surface area contributed by atoms with Crippen molar-refractivity contribution in [1.29, 1.82) is 0 Å². The molecule has 0 radical (unpaired) electrons. The van der Waals surface area contributed by atoms with Crippen molar-refractivity contribution in [3.05, 3.63) is 35.9 Å². The smallest absolute Gasteiger partial charge is 0.169 e. The van der Waals surface area contributed by atoms with Crippen LogP contribution in [0, 0.1) is 0 Å². The number of unbranched alkanes of at least 4 members (excludes halogenated alkanes) is 1. The Morgan fingerprint density at radius 2 is 1.78 bits per heavy atom. The molecule has 1 rings (SSSR count). The van der Waals surface area contributed by atoms with Crippen molar-refractivity contribution in [2.75, 3.05) is 20.8 Å². The molecule has 0 bridgehead atoms. The molecule has 1 aromatic rings. The maximum Gasteiger partial charge on any atom is 0.169 e. The summed E-state index contributed by atoms with van der Waals surface area (Å²) < 4.78 is 10.4. The predicted molar refractivity (Wildman–Crippen MR) is 74.5 cm³/mol. The van der Waals surface area contributed by atoms with Gasteiger partial charge in [-0.05, 0) is 12.0 Å². The van der Waals surface area contributed by atoms with Gasteiger partial charge < -0.3 is 14.8 Å². The molecule has 0 aliphatic heterocycles. The van der Waals surface area contributed by atoms with Gasteiger partial charge in [0.25, 0.3) is 0 Å². The second kappa shape index (κ2) is 9.09. The summed E-state index contributed by atoms with van der Waals surface area (Å²) in [6.45, 7) is 2.92. The number of rotatable bonds is 9. The highest BCUT2D eigenvalue weighted by Gasteiger charge is 2.13. The van der Waals surface area contributed by atoms with Crippen LogP contribution in [0.2, 0.25) is 0 Å². The minimum atomic E-state index is -0.183. The zero-order valence-corrected chi connectivity index (χ0v) is 11.7. The third-order valence-corrected chi connectivity index (χ3v) is 3.10. The molecule has 0 saturated carbocycles. The van der Waals surface area contributed by atoms with Crippen LogP contribution in [0.4, 0.5) is 0 Å². The van der Waals surface area contributed by atoms with E-state index in [9.17, 15) is 0 Å². The van der Waals surface area contributed by atoms with Gasteiger partial charge in [0.1, 0.15) is 0 Å². The van der Waals surface area contributed by atoms with Crippen molar-refractivity contribution < 1.29 is 9.47 Å². The van der Waals surface area contributed by atoms with Crippen LogP contribution in [-0.4, -0.2) is 27.1 Å². The van der Waals surface area contributed by atoms with Crippen molar-refractivity contribution in [2.45, 2.75) is 38.5 Å². The molecule has 0 heterocycles. The van der Waals surface area contributed by atoms with Crippen LogP contribution >= 0.6 is 0 Å². The Morgan fingerprint density at radius 1 is 1.11 bits per heavy atom. The van der Waals surface area contributed by atoms with Gasteiger partial charge in [-0.15, -0.1) is 0 Å². The van der Waals surface area contributed by atoms with Crippen LogP contribution in [0.25, 0.3) is 0 Å². The molecule has 0 spiro atoms. The maximum atomic E-state index is 5.21. The lowest BCUT2D eigenvalue weighted by Crippen LogP contribution is -2.32.